The predicted octanol–water partition coefficient (Wildman–Crippen LogP) is 0.960. The van der Waals surface area contributed by atoms with Crippen molar-refractivity contribution < 1.29 is 13.2 Å². The highest BCUT2D eigenvalue weighted by molar-refractivity contribution is 7.90. The minimum absolute atomic E-state index is 0. The summed E-state index contributed by atoms with van der Waals surface area (Å²) >= 11 is 0. The third-order valence-corrected chi connectivity index (χ3v) is 4.22. The van der Waals surface area contributed by atoms with Crippen LogP contribution in [-0.4, -0.2) is 49.4 Å². The lowest BCUT2D eigenvalue weighted by atomic mass is 10.1. The number of nitrogens with two attached hydrogens (primary N) is 1. The Balaban J connectivity index is 0.00000324. The highest BCUT2D eigenvalue weighted by Gasteiger charge is 2.38. The lowest BCUT2D eigenvalue weighted by Gasteiger charge is -2.31. The second kappa shape index (κ2) is 7.45. The minimum atomic E-state index is -3.08. The second-order valence-electron chi connectivity index (χ2n) is 5.31. The van der Waals surface area contributed by atoms with Crippen LogP contribution >= 0.6 is 12.4 Å². The molecule has 0 aromatic rings. The molecule has 1 aliphatic rings. The predicted molar refractivity (Wildman–Crippen MR) is 79.2 cm³/mol. The van der Waals surface area contributed by atoms with E-state index in [1.54, 1.807) is 11.8 Å². The zero-order valence-corrected chi connectivity index (χ0v) is 13.5. The molecule has 114 valence electrons. The number of hydrogen-bond donors (Lipinski definition) is 1. The molecule has 1 amide bonds. The summed E-state index contributed by atoms with van der Waals surface area (Å²) < 4.78 is 22.7. The van der Waals surface area contributed by atoms with Crippen molar-refractivity contribution >= 4 is 28.2 Å². The molecule has 0 radical (unpaired) electrons. The lowest BCUT2D eigenvalue weighted by molar-refractivity contribution is -0.135. The second-order valence-corrected chi connectivity index (χ2v) is 7.50. The molecular weight excluding hydrogens is 288 g/mol. The van der Waals surface area contributed by atoms with Crippen molar-refractivity contribution in [1.82, 2.24) is 4.90 Å². The van der Waals surface area contributed by atoms with E-state index in [2.05, 4.69) is 0 Å². The molecule has 1 aliphatic carbocycles. The Morgan fingerprint density at radius 3 is 2.32 bits per heavy atom. The van der Waals surface area contributed by atoms with Gasteiger partial charge in [-0.05, 0) is 26.2 Å². The van der Waals surface area contributed by atoms with Crippen molar-refractivity contribution in [2.75, 3.05) is 12.0 Å². The molecule has 1 saturated carbocycles. The maximum Gasteiger partial charge on any atom is 0.240 e. The van der Waals surface area contributed by atoms with Crippen molar-refractivity contribution in [3.8, 4) is 0 Å². The molecule has 2 N–H and O–H groups in total. The highest BCUT2D eigenvalue weighted by atomic mass is 35.5. The Morgan fingerprint density at radius 1 is 1.42 bits per heavy atom. The molecule has 2 unspecified atom stereocenters. The average Bonchev–Trinajstić information content (AvgIpc) is 2.99. The topological polar surface area (TPSA) is 80.5 Å². The number of nitrogens with zero attached hydrogens (tertiary/aromatic N) is 1. The van der Waals surface area contributed by atoms with E-state index in [1.165, 1.54) is 6.26 Å². The fourth-order valence-electron chi connectivity index (χ4n) is 2.25. The van der Waals surface area contributed by atoms with Crippen molar-refractivity contribution in [3.05, 3.63) is 0 Å². The molecular formula is C12H25ClN2O3S. The number of rotatable bonds is 7. The van der Waals surface area contributed by atoms with Gasteiger partial charge in [0.05, 0.1) is 11.8 Å². The quantitative estimate of drug-likeness (QED) is 0.759. The Bertz CT molecular complexity index is 396. The Kier molecular flexibility index (Phi) is 7.32. The molecule has 2 atom stereocenters. The van der Waals surface area contributed by atoms with Crippen LogP contribution < -0.4 is 5.73 Å². The van der Waals surface area contributed by atoms with Gasteiger partial charge in [-0.1, -0.05) is 13.3 Å². The maximum atomic E-state index is 12.2. The van der Waals surface area contributed by atoms with Crippen LogP contribution in [-0.2, 0) is 14.6 Å². The zero-order valence-electron chi connectivity index (χ0n) is 11.8. The van der Waals surface area contributed by atoms with Gasteiger partial charge in [0.1, 0.15) is 9.84 Å². The monoisotopic (exact) mass is 312 g/mol. The van der Waals surface area contributed by atoms with E-state index in [1.807, 2.05) is 6.92 Å². The number of amides is 1. The molecule has 0 aromatic heterocycles. The SMILES string of the molecule is CCCC(N)C(=O)N(C(C)CS(C)(=O)=O)C1CC1.Cl. The van der Waals surface area contributed by atoms with Gasteiger partial charge in [-0.15, -0.1) is 12.4 Å². The largest absolute Gasteiger partial charge is 0.335 e. The fourth-order valence-corrected chi connectivity index (χ4v) is 3.29. The van der Waals surface area contributed by atoms with Crippen LogP contribution in [0.25, 0.3) is 0 Å². The first-order valence-corrected chi connectivity index (χ1v) is 8.57. The van der Waals surface area contributed by atoms with Crippen molar-refractivity contribution in [2.24, 2.45) is 5.73 Å². The van der Waals surface area contributed by atoms with Gasteiger partial charge in [0.2, 0.25) is 5.91 Å². The summed E-state index contributed by atoms with van der Waals surface area (Å²) in [7, 11) is -3.08. The van der Waals surface area contributed by atoms with Crippen LogP contribution in [0.3, 0.4) is 0 Å². The van der Waals surface area contributed by atoms with Gasteiger partial charge >= 0.3 is 0 Å². The molecule has 0 bridgehead atoms. The first-order chi connectivity index (χ1) is 8.26. The van der Waals surface area contributed by atoms with Gasteiger partial charge in [-0.2, -0.15) is 0 Å². The number of halogens is 1. The van der Waals surface area contributed by atoms with Gasteiger partial charge in [0.15, 0.2) is 0 Å². The van der Waals surface area contributed by atoms with E-state index in [0.717, 1.165) is 19.3 Å². The van der Waals surface area contributed by atoms with Crippen LogP contribution in [0.2, 0.25) is 0 Å². The molecule has 0 spiro atoms. The molecule has 0 aliphatic heterocycles. The molecule has 19 heavy (non-hydrogen) atoms. The molecule has 0 heterocycles. The van der Waals surface area contributed by atoms with Crippen molar-refractivity contribution in [1.29, 1.82) is 0 Å². The fraction of sp³-hybridized carbons (Fsp3) is 0.917. The molecule has 0 saturated heterocycles. The van der Waals surface area contributed by atoms with Gasteiger partial charge in [0.25, 0.3) is 0 Å². The summed E-state index contributed by atoms with van der Waals surface area (Å²) in [6.45, 7) is 3.77. The van der Waals surface area contributed by atoms with Gasteiger partial charge < -0.3 is 10.6 Å². The maximum absolute atomic E-state index is 12.2. The third kappa shape index (κ3) is 6.10. The molecule has 5 nitrogen and oxygen atoms in total. The highest BCUT2D eigenvalue weighted by Crippen LogP contribution is 2.29. The molecule has 7 heteroatoms. The van der Waals surface area contributed by atoms with Gasteiger partial charge in [0, 0.05) is 18.3 Å². The molecule has 0 aromatic carbocycles. The van der Waals surface area contributed by atoms with Crippen LogP contribution in [0.1, 0.15) is 39.5 Å². The van der Waals surface area contributed by atoms with E-state index < -0.39 is 15.9 Å². The van der Waals surface area contributed by atoms with Crippen molar-refractivity contribution in [2.45, 2.75) is 57.7 Å². The van der Waals surface area contributed by atoms with Crippen LogP contribution in [0.5, 0.6) is 0 Å². The lowest BCUT2D eigenvalue weighted by Crippen LogP contribution is -2.50. The first kappa shape index (κ1) is 18.7. The average molecular weight is 313 g/mol. The van der Waals surface area contributed by atoms with E-state index in [4.69, 9.17) is 5.73 Å². The van der Waals surface area contributed by atoms with E-state index >= 15 is 0 Å². The van der Waals surface area contributed by atoms with E-state index in [-0.39, 0.29) is 36.2 Å². The molecule has 1 fully saturated rings. The number of carbonyl (C=O) groups excluding carboxylic acids is 1. The first-order valence-electron chi connectivity index (χ1n) is 6.51. The summed E-state index contributed by atoms with van der Waals surface area (Å²) in [5.41, 5.74) is 5.86. The van der Waals surface area contributed by atoms with Crippen LogP contribution in [0, 0.1) is 0 Å². The Labute approximate surface area is 122 Å². The summed E-state index contributed by atoms with van der Waals surface area (Å²) in [5, 5.41) is 0. The Morgan fingerprint density at radius 2 is 1.95 bits per heavy atom. The van der Waals surface area contributed by atoms with E-state index in [0.29, 0.717) is 6.42 Å². The summed E-state index contributed by atoms with van der Waals surface area (Å²) in [5.74, 6) is -0.0934. The van der Waals surface area contributed by atoms with E-state index in [9.17, 15) is 13.2 Å². The number of sulfone groups is 1. The minimum Gasteiger partial charge on any atom is -0.335 e. The van der Waals surface area contributed by atoms with Crippen LogP contribution in [0.15, 0.2) is 0 Å². The number of hydrogen-bond acceptors (Lipinski definition) is 4. The van der Waals surface area contributed by atoms with Gasteiger partial charge in [-0.25, -0.2) is 8.42 Å². The summed E-state index contributed by atoms with van der Waals surface area (Å²) in [6.07, 6.45) is 4.61. The third-order valence-electron chi connectivity index (χ3n) is 3.13. The normalized spacial score (nSPS) is 18.3. The zero-order chi connectivity index (χ0) is 13.9. The summed E-state index contributed by atoms with van der Waals surface area (Å²) in [4.78, 5) is 13.9. The summed E-state index contributed by atoms with van der Waals surface area (Å²) in [6, 6.07) is -0.599. The van der Waals surface area contributed by atoms with Crippen LogP contribution in [0.4, 0.5) is 0 Å². The number of carbonyl (C=O) groups is 1. The van der Waals surface area contributed by atoms with Crippen molar-refractivity contribution in [3.63, 3.8) is 0 Å². The molecule has 1 rings (SSSR count). The standard InChI is InChI=1S/C12H24N2O3S.ClH/c1-4-5-11(13)12(15)14(10-6-7-10)9(2)8-18(3,16)17;/h9-11H,4-8,13H2,1-3H3;1H. The Hall–Kier alpha value is -0.330. The smallest absolute Gasteiger partial charge is 0.240 e. The van der Waals surface area contributed by atoms with Gasteiger partial charge in [-0.3, -0.25) is 4.79 Å².